The van der Waals surface area contributed by atoms with E-state index in [0.717, 1.165) is 36.2 Å². The highest BCUT2D eigenvalue weighted by Crippen LogP contribution is 2.29. The van der Waals surface area contributed by atoms with Crippen LogP contribution in [0, 0.1) is 18.3 Å². The number of nitrogens with one attached hydrogen (secondary N) is 1. The highest BCUT2D eigenvalue weighted by Gasteiger charge is 2.16. The number of nitrogens with zero attached hydrogens (tertiary/aromatic N) is 2. The van der Waals surface area contributed by atoms with Crippen molar-refractivity contribution in [3.63, 3.8) is 0 Å². The molecule has 0 spiro atoms. The third-order valence-corrected chi connectivity index (χ3v) is 5.59. The van der Waals surface area contributed by atoms with E-state index in [0.29, 0.717) is 17.2 Å². The number of ether oxygens (including phenoxy) is 1. The summed E-state index contributed by atoms with van der Waals surface area (Å²) in [5.41, 5.74) is 5.60. The topological polar surface area (TPSA) is 75.0 Å². The molecule has 0 saturated heterocycles. The van der Waals surface area contributed by atoms with Gasteiger partial charge in [0.1, 0.15) is 11.1 Å². The third-order valence-electron chi connectivity index (χ3n) is 4.62. The number of hydrogen-bond acceptors (Lipinski definition) is 5. The average molecular weight is 382 g/mol. The first-order valence-corrected chi connectivity index (χ1v) is 10.0. The molecular formula is C21H23N3O2S. The molecule has 1 aliphatic rings. The molecule has 140 valence electrons. The van der Waals surface area contributed by atoms with Crippen molar-refractivity contribution in [1.82, 2.24) is 4.98 Å². The minimum Gasteiger partial charge on any atom is -0.380 e. The number of aryl methyl sites for hydroxylation is 2. The molecule has 3 rings (SSSR count). The van der Waals surface area contributed by atoms with Crippen molar-refractivity contribution in [1.29, 1.82) is 5.26 Å². The fraction of sp³-hybridized carbons (Fsp3) is 0.381. The fourth-order valence-corrected chi connectivity index (χ4v) is 4.29. The number of nitriles is 1. The first kappa shape index (κ1) is 19.4. The van der Waals surface area contributed by atoms with Gasteiger partial charge in [-0.25, -0.2) is 4.98 Å². The normalized spacial score (nSPS) is 12.9. The Morgan fingerprint density at radius 1 is 1.37 bits per heavy atom. The maximum Gasteiger partial charge on any atom is 0.234 e. The lowest BCUT2D eigenvalue weighted by molar-refractivity contribution is -0.113. The summed E-state index contributed by atoms with van der Waals surface area (Å²) in [6, 6.07) is 10.2. The van der Waals surface area contributed by atoms with E-state index in [2.05, 4.69) is 22.4 Å². The molecule has 0 saturated carbocycles. The zero-order valence-electron chi connectivity index (χ0n) is 15.7. The van der Waals surface area contributed by atoms with Crippen LogP contribution in [0.5, 0.6) is 0 Å². The van der Waals surface area contributed by atoms with Gasteiger partial charge in [-0.1, -0.05) is 23.9 Å². The van der Waals surface area contributed by atoms with Crippen molar-refractivity contribution in [2.45, 2.75) is 44.2 Å². The summed E-state index contributed by atoms with van der Waals surface area (Å²) in [5, 5.41) is 13.1. The maximum atomic E-state index is 12.5. The molecule has 6 heteroatoms. The molecule has 1 aliphatic carbocycles. The Hall–Kier alpha value is -2.36. The van der Waals surface area contributed by atoms with Crippen LogP contribution in [-0.4, -0.2) is 23.8 Å². The van der Waals surface area contributed by atoms with Crippen LogP contribution in [0.25, 0.3) is 0 Å². The lowest BCUT2D eigenvalue weighted by Gasteiger charge is -2.19. The van der Waals surface area contributed by atoms with Crippen LogP contribution in [-0.2, 0) is 29.0 Å². The minimum atomic E-state index is -0.0838. The standard InChI is InChI=1S/C21H23N3O2S/c1-14-10-16(12-26-2)18(11-22)21(23-14)27-13-20(25)24-19-9-5-7-15-6-3-4-8-17(15)19/h5,7,9-10H,3-4,6,8,12-13H2,1-2H3,(H,24,25). The Morgan fingerprint density at radius 3 is 2.96 bits per heavy atom. The van der Waals surface area contributed by atoms with Gasteiger partial charge in [-0.2, -0.15) is 5.26 Å². The zero-order valence-corrected chi connectivity index (χ0v) is 16.5. The molecule has 0 aliphatic heterocycles. The Labute approximate surface area is 164 Å². The number of aromatic nitrogens is 1. The van der Waals surface area contributed by atoms with Crippen LogP contribution in [0.2, 0.25) is 0 Å². The summed E-state index contributed by atoms with van der Waals surface area (Å²) in [7, 11) is 1.59. The maximum absolute atomic E-state index is 12.5. The molecule has 0 fully saturated rings. The molecule has 0 radical (unpaired) electrons. The summed E-state index contributed by atoms with van der Waals surface area (Å²) < 4.78 is 5.17. The second-order valence-electron chi connectivity index (χ2n) is 6.63. The lowest BCUT2D eigenvalue weighted by atomic mass is 9.90. The molecule has 2 aromatic rings. The molecule has 0 atom stereocenters. The Kier molecular flexibility index (Phi) is 6.49. The molecule has 27 heavy (non-hydrogen) atoms. The van der Waals surface area contributed by atoms with E-state index >= 15 is 0 Å². The van der Waals surface area contributed by atoms with Crippen LogP contribution < -0.4 is 5.32 Å². The largest absolute Gasteiger partial charge is 0.380 e. The van der Waals surface area contributed by atoms with Crippen molar-refractivity contribution in [3.05, 3.63) is 52.2 Å². The summed E-state index contributed by atoms with van der Waals surface area (Å²) >= 11 is 1.29. The third kappa shape index (κ3) is 4.68. The number of carbonyl (C=O) groups is 1. The number of pyridine rings is 1. The second-order valence-corrected chi connectivity index (χ2v) is 7.60. The smallest absolute Gasteiger partial charge is 0.234 e. The van der Waals surface area contributed by atoms with Crippen LogP contribution in [0.1, 0.15) is 40.8 Å². The fourth-order valence-electron chi connectivity index (χ4n) is 3.42. The van der Waals surface area contributed by atoms with Gasteiger partial charge in [-0.05, 0) is 61.4 Å². The number of methoxy groups -OCH3 is 1. The Bertz CT molecular complexity index is 890. The van der Waals surface area contributed by atoms with Crippen LogP contribution in [0.3, 0.4) is 0 Å². The van der Waals surface area contributed by atoms with Gasteiger partial charge in [0.05, 0.1) is 17.9 Å². The van der Waals surface area contributed by atoms with Crippen molar-refractivity contribution in [3.8, 4) is 6.07 Å². The van der Waals surface area contributed by atoms with Crippen molar-refractivity contribution < 1.29 is 9.53 Å². The minimum absolute atomic E-state index is 0.0838. The van der Waals surface area contributed by atoms with Gasteiger partial charge in [-0.15, -0.1) is 0 Å². The summed E-state index contributed by atoms with van der Waals surface area (Å²) in [6.45, 7) is 2.23. The number of benzene rings is 1. The van der Waals surface area contributed by atoms with Crippen LogP contribution >= 0.6 is 11.8 Å². The number of fused-ring (bicyclic) bond motifs is 1. The number of thioether (sulfide) groups is 1. The summed E-state index contributed by atoms with van der Waals surface area (Å²) in [6.07, 6.45) is 4.46. The first-order valence-electron chi connectivity index (χ1n) is 9.05. The van der Waals surface area contributed by atoms with E-state index in [4.69, 9.17) is 4.74 Å². The number of anilines is 1. The molecule has 1 aromatic carbocycles. The van der Waals surface area contributed by atoms with Crippen molar-refractivity contribution >= 4 is 23.4 Å². The first-order chi connectivity index (χ1) is 13.1. The molecular weight excluding hydrogens is 358 g/mol. The van der Waals surface area contributed by atoms with Gasteiger partial charge in [0.2, 0.25) is 5.91 Å². The number of rotatable bonds is 6. The predicted octanol–water partition coefficient (Wildman–Crippen LogP) is 4.02. The van der Waals surface area contributed by atoms with Crippen LogP contribution in [0.4, 0.5) is 5.69 Å². The van der Waals surface area contributed by atoms with E-state index in [9.17, 15) is 10.1 Å². The number of amides is 1. The monoisotopic (exact) mass is 381 g/mol. The molecule has 1 aromatic heterocycles. The van der Waals surface area contributed by atoms with Crippen LogP contribution in [0.15, 0.2) is 29.3 Å². The quantitative estimate of drug-likeness (QED) is 0.765. The van der Waals surface area contributed by atoms with Gasteiger partial charge >= 0.3 is 0 Å². The molecule has 0 unspecified atom stereocenters. The number of hydrogen-bond donors (Lipinski definition) is 1. The highest BCUT2D eigenvalue weighted by molar-refractivity contribution is 8.00. The second kappa shape index (κ2) is 9.03. The summed E-state index contributed by atoms with van der Waals surface area (Å²) in [4.78, 5) is 16.9. The van der Waals surface area contributed by atoms with E-state index in [1.807, 2.05) is 25.1 Å². The lowest BCUT2D eigenvalue weighted by Crippen LogP contribution is -2.17. The van der Waals surface area contributed by atoms with Gasteiger partial charge in [0, 0.05) is 18.5 Å². The van der Waals surface area contributed by atoms with E-state index in [1.54, 1.807) is 7.11 Å². The molecule has 1 N–H and O–H groups in total. The van der Waals surface area contributed by atoms with E-state index in [-0.39, 0.29) is 11.7 Å². The van der Waals surface area contributed by atoms with Gasteiger partial charge in [0.25, 0.3) is 0 Å². The SMILES string of the molecule is COCc1cc(C)nc(SCC(=O)Nc2cccc3c2CCCC3)c1C#N. The molecule has 0 bridgehead atoms. The summed E-state index contributed by atoms with van der Waals surface area (Å²) in [5.74, 6) is 0.126. The van der Waals surface area contributed by atoms with E-state index < -0.39 is 0 Å². The Morgan fingerprint density at radius 2 is 2.19 bits per heavy atom. The average Bonchev–Trinajstić information content (AvgIpc) is 2.67. The van der Waals surface area contributed by atoms with Gasteiger partial charge in [0.15, 0.2) is 0 Å². The number of carbonyl (C=O) groups excluding carboxylic acids is 1. The van der Waals surface area contributed by atoms with Gasteiger partial charge < -0.3 is 10.1 Å². The molecule has 5 nitrogen and oxygen atoms in total. The van der Waals surface area contributed by atoms with E-state index in [1.165, 1.54) is 29.3 Å². The molecule has 1 heterocycles. The predicted molar refractivity (Wildman–Crippen MR) is 107 cm³/mol. The van der Waals surface area contributed by atoms with Crippen molar-refractivity contribution in [2.75, 3.05) is 18.2 Å². The van der Waals surface area contributed by atoms with Gasteiger partial charge in [-0.3, -0.25) is 4.79 Å². The zero-order chi connectivity index (χ0) is 19.2. The highest BCUT2D eigenvalue weighted by atomic mass is 32.2. The van der Waals surface area contributed by atoms with Crippen molar-refractivity contribution in [2.24, 2.45) is 0 Å². The molecule has 1 amide bonds. The Balaban J connectivity index is 1.71.